The number of carboxylic acid groups (broad SMARTS) is 1. The summed E-state index contributed by atoms with van der Waals surface area (Å²) >= 11 is 0. The molecule has 1 heterocycles. The van der Waals surface area contributed by atoms with Gasteiger partial charge in [-0.05, 0) is 12.1 Å². The number of hydrogen-bond donors (Lipinski definition) is 1. The summed E-state index contributed by atoms with van der Waals surface area (Å²) in [6, 6.07) is 16.9. The first-order valence-corrected chi connectivity index (χ1v) is 7.06. The summed E-state index contributed by atoms with van der Waals surface area (Å²) in [4.78, 5) is 11.1. The smallest absolute Gasteiger partial charge is 0.309 e. The molecule has 23 heavy (non-hydrogen) atoms. The molecule has 3 rings (SSSR count). The van der Waals surface area contributed by atoms with Crippen molar-refractivity contribution in [2.75, 3.05) is 7.11 Å². The van der Waals surface area contributed by atoms with Crippen molar-refractivity contribution in [3.05, 3.63) is 60.3 Å². The SMILES string of the molecule is COc1ccccc1-n1nnc(CC(=O)O)c1-c1ccccc1. The molecular weight excluding hydrogens is 294 g/mol. The zero-order valence-electron chi connectivity index (χ0n) is 12.5. The Bertz CT molecular complexity index is 828. The van der Waals surface area contributed by atoms with Crippen LogP contribution in [0.1, 0.15) is 5.69 Å². The second-order valence-electron chi connectivity index (χ2n) is 4.90. The molecule has 0 amide bonds. The van der Waals surface area contributed by atoms with Gasteiger partial charge in [-0.1, -0.05) is 47.7 Å². The average molecular weight is 309 g/mol. The second-order valence-corrected chi connectivity index (χ2v) is 4.90. The number of hydrogen-bond acceptors (Lipinski definition) is 4. The highest BCUT2D eigenvalue weighted by Crippen LogP contribution is 2.29. The molecule has 6 nitrogen and oxygen atoms in total. The lowest BCUT2D eigenvalue weighted by molar-refractivity contribution is -0.136. The van der Waals surface area contributed by atoms with Gasteiger partial charge in [0.15, 0.2) is 0 Å². The molecule has 3 aromatic rings. The van der Waals surface area contributed by atoms with Gasteiger partial charge in [0.05, 0.1) is 19.2 Å². The number of para-hydroxylation sites is 2. The van der Waals surface area contributed by atoms with Gasteiger partial charge in [0.25, 0.3) is 0 Å². The maximum Gasteiger partial charge on any atom is 0.309 e. The van der Waals surface area contributed by atoms with Gasteiger partial charge < -0.3 is 9.84 Å². The molecule has 6 heteroatoms. The third kappa shape index (κ3) is 2.91. The molecule has 1 aromatic heterocycles. The molecule has 1 N–H and O–H groups in total. The van der Waals surface area contributed by atoms with E-state index in [9.17, 15) is 4.79 Å². The number of aromatic nitrogens is 3. The number of methoxy groups -OCH3 is 1. The van der Waals surface area contributed by atoms with Crippen LogP contribution in [0.4, 0.5) is 0 Å². The predicted molar refractivity (Wildman–Crippen MR) is 84.7 cm³/mol. The van der Waals surface area contributed by atoms with E-state index in [4.69, 9.17) is 9.84 Å². The van der Waals surface area contributed by atoms with Gasteiger partial charge in [-0.15, -0.1) is 5.10 Å². The first-order valence-electron chi connectivity index (χ1n) is 7.06. The lowest BCUT2D eigenvalue weighted by atomic mass is 10.1. The highest BCUT2D eigenvalue weighted by Gasteiger charge is 2.20. The first-order chi connectivity index (χ1) is 11.2. The van der Waals surface area contributed by atoms with E-state index in [0.29, 0.717) is 22.8 Å². The molecule has 0 saturated carbocycles. The molecule has 0 aliphatic heterocycles. The van der Waals surface area contributed by atoms with Crippen molar-refractivity contribution in [1.82, 2.24) is 15.0 Å². The van der Waals surface area contributed by atoms with Crippen LogP contribution in [0.2, 0.25) is 0 Å². The summed E-state index contributed by atoms with van der Waals surface area (Å²) in [5.41, 5.74) is 2.62. The molecule has 0 saturated heterocycles. The van der Waals surface area contributed by atoms with Gasteiger partial charge in [-0.25, -0.2) is 4.68 Å². The summed E-state index contributed by atoms with van der Waals surface area (Å²) in [5.74, 6) is -0.314. The third-order valence-electron chi connectivity index (χ3n) is 3.42. The molecule has 0 aliphatic carbocycles. The molecule has 2 aromatic carbocycles. The zero-order chi connectivity index (χ0) is 16.2. The van der Waals surface area contributed by atoms with Crippen LogP contribution < -0.4 is 4.74 Å². The fourth-order valence-corrected chi connectivity index (χ4v) is 2.43. The van der Waals surface area contributed by atoms with E-state index < -0.39 is 5.97 Å². The highest BCUT2D eigenvalue weighted by molar-refractivity contribution is 5.74. The van der Waals surface area contributed by atoms with Crippen LogP contribution in [0.25, 0.3) is 16.9 Å². The van der Waals surface area contributed by atoms with Crippen LogP contribution in [0.15, 0.2) is 54.6 Å². The molecule has 0 aliphatic rings. The number of rotatable bonds is 5. The molecule has 0 bridgehead atoms. The van der Waals surface area contributed by atoms with Crippen LogP contribution in [0, 0.1) is 0 Å². The topological polar surface area (TPSA) is 77.2 Å². The maximum atomic E-state index is 11.1. The van der Waals surface area contributed by atoms with E-state index in [0.717, 1.165) is 5.56 Å². The maximum absolute atomic E-state index is 11.1. The standard InChI is InChI=1S/C17H15N3O3/c1-23-15-10-6-5-9-14(15)20-17(12-7-3-2-4-8-12)13(18-19-20)11-16(21)22/h2-10H,11H2,1H3,(H,21,22). The van der Waals surface area contributed by atoms with Gasteiger partial charge in [0, 0.05) is 5.56 Å². The lowest BCUT2D eigenvalue weighted by Crippen LogP contribution is -2.05. The fraction of sp³-hybridized carbons (Fsp3) is 0.118. The summed E-state index contributed by atoms with van der Waals surface area (Å²) in [7, 11) is 1.58. The highest BCUT2D eigenvalue weighted by atomic mass is 16.5. The normalized spacial score (nSPS) is 10.5. The summed E-state index contributed by atoms with van der Waals surface area (Å²) in [5, 5.41) is 17.3. The molecule has 0 atom stereocenters. The zero-order valence-corrected chi connectivity index (χ0v) is 12.5. The Balaban J connectivity index is 2.22. The minimum absolute atomic E-state index is 0.195. The Morgan fingerprint density at radius 1 is 1.13 bits per heavy atom. The van der Waals surface area contributed by atoms with E-state index >= 15 is 0 Å². The molecule has 116 valence electrons. The number of carbonyl (C=O) groups is 1. The Kier molecular flexibility index (Phi) is 4.05. The monoisotopic (exact) mass is 309 g/mol. The van der Waals surface area contributed by atoms with E-state index in [1.54, 1.807) is 11.8 Å². The van der Waals surface area contributed by atoms with Crippen molar-refractivity contribution < 1.29 is 14.6 Å². The van der Waals surface area contributed by atoms with Gasteiger partial charge in [-0.2, -0.15) is 0 Å². The number of nitrogens with zero attached hydrogens (tertiary/aromatic N) is 3. The second kappa shape index (κ2) is 6.31. The fourth-order valence-electron chi connectivity index (χ4n) is 2.43. The largest absolute Gasteiger partial charge is 0.494 e. The summed E-state index contributed by atoms with van der Waals surface area (Å²) in [6.07, 6.45) is -0.195. The Morgan fingerprint density at radius 2 is 1.83 bits per heavy atom. The Morgan fingerprint density at radius 3 is 2.52 bits per heavy atom. The van der Waals surface area contributed by atoms with Gasteiger partial charge in [0.1, 0.15) is 17.1 Å². The van der Waals surface area contributed by atoms with Crippen molar-refractivity contribution in [3.8, 4) is 22.7 Å². The minimum atomic E-state index is -0.950. The predicted octanol–water partition coefficient (Wildman–Crippen LogP) is 2.57. The average Bonchev–Trinajstić information content (AvgIpc) is 2.98. The van der Waals surface area contributed by atoms with Gasteiger partial charge in [-0.3, -0.25) is 4.79 Å². The van der Waals surface area contributed by atoms with Gasteiger partial charge in [0.2, 0.25) is 0 Å². The van der Waals surface area contributed by atoms with E-state index in [2.05, 4.69) is 10.3 Å². The summed E-state index contributed by atoms with van der Waals surface area (Å²) < 4.78 is 6.99. The van der Waals surface area contributed by atoms with Crippen molar-refractivity contribution in [2.24, 2.45) is 0 Å². The van der Waals surface area contributed by atoms with Crippen LogP contribution in [0.5, 0.6) is 5.75 Å². The van der Waals surface area contributed by atoms with Crippen LogP contribution in [0.3, 0.4) is 0 Å². The third-order valence-corrected chi connectivity index (χ3v) is 3.42. The quantitative estimate of drug-likeness (QED) is 0.784. The molecule has 0 fully saturated rings. The van der Waals surface area contributed by atoms with Crippen molar-refractivity contribution in [3.63, 3.8) is 0 Å². The van der Waals surface area contributed by atoms with Crippen molar-refractivity contribution in [1.29, 1.82) is 0 Å². The molecule has 0 spiro atoms. The minimum Gasteiger partial charge on any atom is -0.494 e. The van der Waals surface area contributed by atoms with Gasteiger partial charge >= 0.3 is 5.97 Å². The van der Waals surface area contributed by atoms with E-state index in [1.807, 2.05) is 54.6 Å². The van der Waals surface area contributed by atoms with Crippen LogP contribution in [-0.2, 0) is 11.2 Å². The lowest BCUT2D eigenvalue weighted by Gasteiger charge is -2.11. The Labute approximate surface area is 133 Å². The molecule has 0 unspecified atom stereocenters. The van der Waals surface area contributed by atoms with Crippen molar-refractivity contribution in [2.45, 2.75) is 6.42 Å². The Hall–Kier alpha value is -3.15. The van der Waals surface area contributed by atoms with Crippen molar-refractivity contribution >= 4 is 5.97 Å². The first kappa shape index (κ1) is 14.8. The molecule has 0 radical (unpaired) electrons. The van der Waals surface area contributed by atoms with Crippen LogP contribution in [-0.4, -0.2) is 33.2 Å². The van der Waals surface area contributed by atoms with E-state index in [1.165, 1.54) is 0 Å². The number of benzene rings is 2. The van der Waals surface area contributed by atoms with E-state index in [-0.39, 0.29) is 6.42 Å². The number of aliphatic carboxylic acids is 1. The number of ether oxygens (including phenoxy) is 1. The number of carboxylic acids is 1. The molecular formula is C17H15N3O3. The summed E-state index contributed by atoms with van der Waals surface area (Å²) in [6.45, 7) is 0. The van der Waals surface area contributed by atoms with Crippen LogP contribution >= 0.6 is 0 Å².